The first-order valence-electron chi connectivity index (χ1n) is 8.29. The maximum Gasteiger partial charge on any atom is 0.257 e. The zero-order chi connectivity index (χ0) is 16.5. The average molecular weight is 325 g/mol. The van der Waals surface area contributed by atoms with Gasteiger partial charge in [0, 0.05) is 37.1 Å². The first-order valence-corrected chi connectivity index (χ1v) is 8.29. The second-order valence-electron chi connectivity index (χ2n) is 6.16. The molecule has 1 fully saturated rings. The summed E-state index contributed by atoms with van der Waals surface area (Å²) in [7, 11) is 0. The Morgan fingerprint density at radius 3 is 3.21 bits per heavy atom. The molecule has 1 aliphatic rings. The quantitative estimate of drug-likeness (QED) is 0.799. The van der Waals surface area contributed by atoms with Gasteiger partial charge in [-0.05, 0) is 31.4 Å². The molecule has 0 spiro atoms. The monoisotopic (exact) mass is 325 g/mol. The highest BCUT2D eigenvalue weighted by atomic mass is 16.5. The second kappa shape index (κ2) is 6.07. The number of rotatable bonds is 3. The van der Waals surface area contributed by atoms with Gasteiger partial charge in [-0.25, -0.2) is 4.98 Å². The number of carbonyl (C=O) groups is 1. The number of fused-ring (bicyclic) bond motifs is 1. The molecule has 0 aliphatic carbocycles. The summed E-state index contributed by atoms with van der Waals surface area (Å²) in [5.41, 5.74) is 3.00. The molecule has 1 N–H and O–H groups in total. The van der Waals surface area contributed by atoms with Crippen molar-refractivity contribution in [2.75, 3.05) is 13.1 Å². The molecule has 1 aliphatic heterocycles. The predicted molar refractivity (Wildman–Crippen MR) is 87.6 cm³/mol. The summed E-state index contributed by atoms with van der Waals surface area (Å²) < 4.78 is 5.19. The highest BCUT2D eigenvalue weighted by molar-refractivity contribution is 5.97. The Labute approximate surface area is 139 Å². The summed E-state index contributed by atoms with van der Waals surface area (Å²) in [5, 5.41) is 11.9. The molecule has 0 aromatic carbocycles. The molecule has 7 heteroatoms. The molecule has 4 heterocycles. The van der Waals surface area contributed by atoms with Crippen LogP contribution in [0.5, 0.6) is 0 Å². The topological polar surface area (TPSA) is 87.9 Å². The van der Waals surface area contributed by atoms with Crippen LogP contribution in [0.3, 0.4) is 0 Å². The SMILES string of the molecule is CCc1noc2ncc(C(=O)N3CCC[C@H](c4ccn[nH]4)C3)cc12. The summed E-state index contributed by atoms with van der Waals surface area (Å²) in [6.07, 6.45) is 6.13. The van der Waals surface area contributed by atoms with Gasteiger partial charge in [0.2, 0.25) is 0 Å². The standard InChI is InChI=1S/C17H19N5O2/c1-2-14-13-8-12(9-18-16(13)24-21-14)17(23)22-7-3-4-11(10-22)15-5-6-19-20-15/h5-6,8-9,11H,2-4,7,10H2,1H3,(H,19,20)/t11-/m0/s1. The Morgan fingerprint density at radius 2 is 2.42 bits per heavy atom. The lowest BCUT2D eigenvalue weighted by molar-refractivity contribution is 0.0705. The molecule has 0 saturated carbocycles. The van der Waals surface area contributed by atoms with Crippen molar-refractivity contribution in [2.24, 2.45) is 0 Å². The molecule has 1 atom stereocenters. The van der Waals surface area contributed by atoms with Crippen LogP contribution < -0.4 is 0 Å². The number of piperidine rings is 1. The number of nitrogens with zero attached hydrogens (tertiary/aromatic N) is 4. The van der Waals surface area contributed by atoms with Crippen LogP contribution in [-0.4, -0.2) is 44.2 Å². The van der Waals surface area contributed by atoms with Crippen molar-refractivity contribution in [3.63, 3.8) is 0 Å². The number of amides is 1. The lowest BCUT2D eigenvalue weighted by Gasteiger charge is -2.32. The van der Waals surface area contributed by atoms with E-state index in [-0.39, 0.29) is 5.91 Å². The third-order valence-corrected chi connectivity index (χ3v) is 4.66. The molecular weight excluding hydrogens is 306 g/mol. The Hall–Kier alpha value is -2.70. The van der Waals surface area contributed by atoms with E-state index in [1.165, 1.54) is 0 Å². The van der Waals surface area contributed by atoms with Gasteiger partial charge in [0.05, 0.1) is 16.6 Å². The van der Waals surface area contributed by atoms with E-state index >= 15 is 0 Å². The minimum atomic E-state index is 0.0110. The van der Waals surface area contributed by atoms with E-state index < -0.39 is 0 Å². The van der Waals surface area contributed by atoms with Gasteiger partial charge in [-0.3, -0.25) is 9.89 Å². The molecule has 4 rings (SSSR count). The number of aryl methyl sites for hydroxylation is 1. The van der Waals surface area contributed by atoms with Crippen LogP contribution in [0, 0.1) is 0 Å². The lowest BCUT2D eigenvalue weighted by atomic mass is 9.94. The Bertz CT molecular complexity index is 855. The van der Waals surface area contributed by atoms with Gasteiger partial charge in [0.1, 0.15) is 0 Å². The number of hydrogen-bond acceptors (Lipinski definition) is 5. The fourth-order valence-electron chi connectivity index (χ4n) is 3.34. The van der Waals surface area contributed by atoms with Crippen molar-refractivity contribution in [1.29, 1.82) is 0 Å². The third-order valence-electron chi connectivity index (χ3n) is 4.66. The summed E-state index contributed by atoms with van der Waals surface area (Å²) in [4.78, 5) is 19.0. The maximum atomic E-state index is 12.9. The van der Waals surface area contributed by atoms with Crippen LogP contribution in [0.4, 0.5) is 0 Å². The number of likely N-dealkylation sites (tertiary alicyclic amines) is 1. The van der Waals surface area contributed by atoms with E-state index in [9.17, 15) is 4.79 Å². The fourth-order valence-corrected chi connectivity index (χ4v) is 3.34. The fraction of sp³-hybridized carbons (Fsp3) is 0.412. The van der Waals surface area contributed by atoms with E-state index in [1.54, 1.807) is 12.4 Å². The van der Waals surface area contributed by atoms with Crippen molar-refractivity contribution in [3.8, 4) is 0 Å². The maximum absolute atomic E-state index is 12.9. The Morgan fingerprint density at radius 1 is 1.50 bits per heavy atom. The molecule has 24 heavy (non-hydrogen) atoms. The summed E-state index contributed by atoms with van der Waals surface area (Å²) >= 11 is 0. The predicted octanol–water partition coefficient (Wildman–Crippen LogP) is 2.53. The number of aromatic nitrogens is 4. The van der Waals surface area contributed by atoms with Crippen LogP contribution >= 0.6 is 0 Å². The molecule has 124 valence electrons. The first-order chi connectivity index (χ1) is 11.8. The molecule has 1 saturated heterocycles. The summed E-state index contributed by atoms with van der Waals surface area (Å²) in [6, 6.07) is 3.83. The Balaban J connectivity index is 1.58. The van der Waals surface area contributed by atoms with Gasteiger partial charge >= 0.3 is 0 Å². The smallest absolute Gasteiger partial charge is 0.257 e. The third kappa shape index (κ3) is 2.55. The number of aromatic amines is 1. The first kappa shape index (κ1) is 14.9. The van der Waals surface area contributed by atoms with Crippen LogP contribution in [-0.2, 0) is 6.42 Å². The van der Waals surface area contributed by atoms with E-state index in [0.29, 0.717) is 23.7 Å². The van der Waals surface area contributed by atoms with Crippen molar-refractivity contribution < 1.29 is 9.32 Å². The summed E-state index contributed by atoms with van der Waals surface area (Å²) in [5.74, 6) is 0.320. The number of H-pyrrole nitrogens is 1. The minimum absolute atomic E-state index is 0.0110. The normalized spacial score (nSPS) is 18.2. The molecule has 1 amide bonds. The minimum Gasteiger partial charge on any atom is -0.338 e. The van der Waals surface area contributed by atoms with Crippen LogP contribution in [0.1, 0.15) is 47.4 Å². The highest BCUT2D eigenvalue weighted by Gasteiger charge is 2.26. The number of nitrogens with one attached hydrogen (secondary N) is 1. The molecule has 0 radical (unpaired) electrons. The molecule has 3 aromatic rings. The lowest BCUT2D eigenvalue weighted by Crippen LogP contribution is -2.39. The van der Waals surface area contributed by atoms with Crippen molar-refractivity contribution in [1.82, 2.24) is 25.2 Å². The van der Waals surface area contributed by atoms with E-state index in [2.05, 4.69) is 20.3 Å². The molecule has 7 nitrogen and oxygen atoms in total. The zero-order valence-electron chi connectivity index (χ0n) is 13.5. The highest BCUT2D eigenvalue weighted by Crippen LogP contribution is 2.27. The van der Waals surface area contributed by atoms with Gasteiger partial charge in [-0.15, -0.1) is 0 Å². The van der Waals surface area contributed by atoms with Gasteiger partial charge < -0.3 is 9.42 Å². The molecular formula is C17H19N5O2. The molecule has 3 aromatic heterocycles. The van der Waals surface area contributed by atoms with E-state index in [0.717, 1.165) is 42.6 Å². The van der Waals surface area contributed by atoms with Crippen LogP contribution in [0.15, 0.2) is 29.0 Å². The van der Waals surface area contributed by atoms with E-state index in [1.807, 2.05) is 24.0 Å². The Kier molecular flexibility index (Phi) is 3.76. The number of carbonyl (C=O) groups excluding carboxylic acids is 1. The van der Waals surface area contributed by atoms with Crippen LogP contribution in [0.2, 0.25) is 0 Å². The molecule has 0 unspecified atom stereocenters. The van der Waals surface area contributed by atoms with Crippen molar-refractivity contribution in [3.05, 3.63) is 41.5 Å². The van der Waals surface area contributed by atoms with Gasteiger partial charge in [0.15, 0.2) is 0 Å². The number of pyridine rings is 1. The summed E-state index contributed by atoms with van der Waals surface area (Å²) in [6.45, 7) is 3.47. The van der Waals surface area contributed by atoms with Gasteiger partial charge in [-0.1, -0.05) is 12.1 Å². The zero-order valence-corrected chi connectivity index (χ0v) is 13.5. The van der Waals surface area contributed by atoms with E-state index in [4.69, 9.17) is 4.52 Å². The largest absolute Gasteiger partial charge is 0.338 e. The molecule has 0 bridgehead atoms. The van der Waals surface area contributed by atoms with Gasteiger partial charge in [-0.2, -0.15) is 5.10 Å². The second-order valence-corrected chi connectivity index (χ2v) is 6.16. The van der Waals surface area contributed by atoms with Crippen molar-refractivity contribution >= 4 is 17.0 Å². The number of hydrogen-bond donors (Lipinski definition) is 1. The average Bonchev–Trinajstić information content (AvgIpc) is 3.30. The van der Waals surface area contributed by atoms with Crippen molar-refractivity contribution in [2.45, 2.75) is 32.1 Å². The van der Waals surface area contributed by atoms with Gasteiger partial charge in [0.25, 0.3) is 11.6 Å². The van der Waals surface area contributed by atoms with Crippen LogP contribution in [0.25, 0.3) is 11.1 Å².